The second-order valence-electron chi connectivity index (χ2n) is 7.54. The molecule has 1 amide bonds. The molecule has 2 aromatic carbocycles. The first-order valence-electron chi connectivity index (χ1n) is 9.80. The van der Waals surface area contributed by atoms with E-state index in [0.717, 1.165) is 25.1 Å². The predicted octanol–water partition coefficient (Wildman–Crippen LogP) is 3.51. The number of anilines is 1. The molecule has 0 aliphatic carbocycles. The van der Waals surface area contributed by atoms with Gasteiger partial charge in [0.25, 0.3) is 0 Å². The van der Waals surface area contributed by atoms with Gasteiger partial charge in [-0.1, -0.05) is 12.1 Å². The molecule has 150 valence electrons. The van der Waals surface area contributed by atoms with Crippen molar-refractivity contribution in [3.8, 4) is 11.5 Å². The monoisotopic (exact) mass is 382 g/mol. The van der Waals surface area contributed by atoms with Gasteiger partial charge in [-0.15, -0.1) is 0 Å². The van der Waals surface area contributed by atoms with Crippen LogP contribution in [0.2, 0.25) is 0 Å². The van der Waals surface area contributed by atoms with Crippen LogP contribution in [-0.4, -0.2) is 39.8 Å². The summed E-state index contributed by atoms with van der Waals surface area (Å²) < 4.78 is 10.5. The lowest BCUT2D eigenvalue weighted by Crippen LogP contribution is -2.32. The summed E-state index contributed by atoms with van der Waals surface area (Å²) in [5.74, 6) is 1.84. The topological polar surface area (TPSA) is 50.8 Å². The Hall–Kier alpha value is -2.69. The van der Waals surface area contributed by atoms with Crippen molar-refractivity contribution in [2.75, 3.05) is 38.8 Å². The average molecular weight is 383 g/mol. The Bertz CT molecular complexity index is 835. The normalized spacial score (nSPS) is 16.1. The van der Waals surface area contributed by atoms with Gasteiger partial charge in [0.15, 0.2) is 11.5 Å². The molecule has 1 aliphatic heterocycles. The van der Waals surface area contributed by atoms with Crippen molar-refractivity contribution in [2.45, 2.75) is 26.7 Å². The number of nitrogens with one attached hydrogen (secondary N) is 1. The van der Waals surface area contributed by atoms with Crippen LogP contribution in [0.4, 0.5) is 5.69 Å². The molecule has 2 aromatic rings. The van der Waals surface area contributed by atoms with Crippen LogP contribution in [0, 0.1) is 19.8 Å². The minimum atomic E-state index is 0.0388. The molecule has 0 aromatic heterocycles. The van der Waals surface area contributed by atoms with E-state index in [1.165, 1.54) is 16.8 Å². The Morgan fingerprint density at radius 2 is 1.86 bits per heavy atom. The van der Waals surface area contributed by atoms with Gasteiger partial charge < -0.3 is 19.7 Å². The quantitative estimate of drug-likeness (QED) is 0.796. The molecule has 0 spiro atoms. The Morgan fingerprint density at radius 3 is 2.57 bits per heavy atom. The molecule has 1 aliphatic rings. The van der Waals surface area contributed by atoms with E-state index in [9.17, 15) is 4.79 Å². The molecule has 1 unspecified atom stereocenters. The molecule has 5 heteroatoms. The van der Waals surface area contributed by atoms with Gasteiger partial charge in [0.05, 0.1) is 20.6 Å². The van der Waals surface area contributed by atoms with Gasteiger partial charge in [-0.25, -0.2) is 0 Å². The first-order valence-corrected chi connectivity index (χ1v) is 9.80. The number of rotatable bonds is 7. The number of carbonyl (C=O) groups excluding carboxylic acids is 1. The molecule has 28 heavy (non-hydrogen) atoms. The third-order valence-electron chi connectivity index (χ3n) is 5.54. The SMILES string of the molecule is COc1ccc(CC(=O)NCC2CCN(c3ccc(C)c(C)c3)C2)cc1OC. The van der Waals surface area contributed by atoms with E-state index < -0.39 is 0 Å². The smallest absolute Gasteiger partial charge is 0.224 e. The number of hydrogen-bond acceptors (Lipinski definition) is 4. The van der Waals surface area contributed by atoms with E-state index in [-0.39, 0.29) is 5.91 Å². The van der Waals surface area contributed by atoms with E-state index in [0.29, 0.717) is 30.4 Å². The highest BCUT2D eigenvalue weighted by atomic mass is 16.5. The van der Waals surface area contributed by atoms with Crippen LogP contribution < -0.4 is 19.7 Å². The Kier molecular flexibility index (Phi) is 6.45. The summed E-state index contributed by atoms with van der Waals surface area (Å²) in [4.78, 5) is 14.8. The van der Waals surface area contributed by atoms with Crippen LogP contribution in [0.3, 0.4) is 0 Å². The van der Waals surface area contributed by atoms with Crippen LogP contribution >= 0.6 is 0 Å². The molecule has 1 heterocycles. The van der Waals surface area contributed by atoms with Crippen molar-refractivity contribution in [1.82, 2.24) is 5.32 Å². The fourth-order valence-corrected chi connectivity index (χ4v) is 3.65. The number of nitrogens with zero attached hydrogens (tertiary/aromatic N) is 1. The number of hydrogen-bond donors (Lipinski definition) is 1. The molecule has 0 bridgehead atoms. The maximum absolute atomic E-state index is 12.4. The Morgan fingerprint density at radius 1 is 1.07 bits per heavy atom. The van der Waals surface area contributed by atoms with Gasteiger partial charge in [0, 0.05) is 25.3 Å². The molecule has 0 saturated carbocycles. The van der Waals surface area contributed by atoms with Gasteiger partial charge in [-0.05, 0) is 67.1 Å². The zero-order chi connectivity index (χ0) is 20.1. The molecule has 1 saturated heterocycles. The van der Waals surface area contributed by atoms with E-state index >= 15 is 0 Å². The third kappa shape index (κ3) is 4.77. The number of carbonyl (C=O) groups is 1. The molecule has 3 rings (SSSR count). The first-order chi connectivity index (χ1) is 13.5. The number of ether oxygens (including phenoxy) is 2. The molecular formula is C23H30N2O3. The number of methoxy groups -OCH3 is 2. The van der Waals surface area contributed by atoms with Crippen molar-refractivity contribution in [3.05, 3.63) is 53.1 Å². The van der Waals surface area contributed by atoms with Gasteiger partial charge in [0.1, 0.15) is 0 Å². The van der Waals surface area contributed by atoms with E-state index in [4.69, 9.17) is 9.47 Å². The molecular weight excluding hydrogens is 352 g/mol. The highest BCUT2D eigenvalue weighted by Crippen LogP contribution is 2.28. The van der Waals surface area contributed by atoms with Gasteiger partial charge >= 0.3 is 0 Å². The van der Waals surface area contributed by atoms with Crippen molar-refractivity contribution in [3.63, 3.8) is 0 Å². The van der Waals surface area contributed by atoms with Crippen molar-refractivity contribution in [1.29, 1.82) is 0 Å². The molecule has 5 nitrogen and oxygen atoms in total. The van der Waals surface area contributed by atoms with Crippen LogP contribution in [0.5, 0.6) is 11.5 Å². The van der Waals surface area contributed by atoms with Gasteiger partial charge in [-0.3, -0.25) is 4.79 Å². The fourth-order valence-electron chi connectivity index (χ4n) is 3.65. The second-order valence-corrected chi connectivity index (χ2v) is 7.54. The summed E-state index contributed by atoms with van der Waals surface area (Å²) in [5.41, 5.74) is 4.84. The number of aryl methyl sites for hydroxylation is 2. The van der Waals surface area contributed by atoms with E-state index in [1.807, 2.05) is 18.2 Å². The van der Waals surface area contributed by atoms with Crippen molar-refractivity contribution in [2.24, 2.45) is 5.92 Å². The fraction of sp³-hybridized carbons (Fsp3) is 0.435. The second kappa shape index (κ2) is 9.00. The lowest BCUT2D eigenvalue weighted by molar-refractivity contribution is -0.120. The van der Waals surface area contributed by atoms with Gasteiger partial charge in [-0.2, -0.15) is 0 Å². The summed E-state index contributed by atoms with van der Waals surface area (Å²) in [6.07, 6.45) is 1.44. The van der Waals surface area contributed by atoms with E-state index in [1.54, 1.807) is 14.2 Å². The highest BCUT2D eigenvalue weighted by molar-refractivity contribution is 5.78. The lowest BCUT2D eigenvalue weighted by atomic mass is 10.1. The largest absolute Gasteiger partial charge is 0.493 e. The van der Waals surface area contributed by atoms with Crippen LogP contribution in [0.1, 0.15) is 23.1 Å². The summed E-state index contributed by atoms with van der Waals surface area (Å²) in [7, 11) is 3.20. The molecule has 1 atom stereocenters. The standard InChI is InChI=1S/C23H30N2O3/c1-16-5-7-20(11-17(16)2)25-10-9-19(15-25)14-24-23(26)13-18-6-8-21(27-3)22(12-18)28-4/h5-8,11-12,19H,9-10,13-15H2,1-4H3,(H,24,26). The average Bonchev–Trinajstić information content (AvgIpc) is 3.17. The van der Waals surface area contributed by atoms with Crippen LogP contribution in [-0.2, 0) is 11.2 Å². The minimum absolute atomic E-state index is 0.0388. The molecule has 0 radical (unpaired) electrons. The summed E-state index contributed by atoms with van der Waals surface area (Å²) in [5, 5.41) is 3.09. The van der Waals surface area contributed by atoms with Crippen LogP contribution in [0.25, 0.3) is 0 Å². The number of amides is 1. The third-order valence-corrected chi connectivity index (χ3v) is 5.54. The Balaban J connectivity index is 1.49. The molecule has 1 N–H and O–H groups in total. The maximum atomic E-state index is 12.4. The number of benzene rings is 2. The zero-order valence-corrected chi connectivity index (χ0v) is 17.2. The summed E-state index contributed by atoms with van der Waals surface area (Å²) in [6, 6.07) is 12.2. The molecule has 1 fully saturated rings. The van der Waals surface area contributed by atoms with Gasteiger partial charge in [0.2, 0.25) is 5.91 Å². The van der Waals surface area contributed by atoms with Crippen LogP contribution in [0.15, 0.2) is 36.4 Å². The maximum Gasteiger partial charge on any atom is 0.224 e. The predicted molar refractivity (Wildman–Crippen MR) is 112 cm³/mol. The van der Waals surface area contributed by atoms with Crippen molar-refractivity contribution >= 4 is 11.6 Å². The lowest BCUT2D eigenvalue weighted by Gasteiger charge is -2.20. The summed E-state index contributed by atoms with van der Waals surface area (Å²) >= 11 is 0. The van der Waals surface area contributed by atoms with E-state index in [2.05, 4.69) is 42.3 Å². The summed E-state index contributed by atoms with van der Waals surface area (Å²) in [6.45, 7) is 7.03. The highest BCUT2D eigenvalue weighted by Gasteiger charge is 2.23. The first kappa shape index (κ1) is 20.1. The Labute approximate surface area is 167 Å². The zero-order valence-electron chi connectivity index (χ0n) is 17.2. The minimum Gasteiger partial charge on any atom is -0.493 e. The van der Waals surface area contributed by atoms with Crippen molar-refractivity contribution < 1.29 is 14.3 Å².